The van der Waals surface area contributed by atoms with E-state index < -0.39 is 53.7 Å². The monoisotopic (exact) mass is 576 g/mol. The second-order valence-electron chi connectivity index (χ2n) is 11.1. The lowest BCUT2D eigenvalue weighted by atomic mass is 9.89. The molecule has 1 aromatic rings. The van der Waals surface area contributed by atoms with Crippen LogP contribution in [0.2, 0.25) is 18.1 Å². The summed E-state index contributed by atoms with van der Waals surface area (Å²) in [6, 6.07) is 0. The number of ether oxygens (including phenoxy) is 2. The molecule has 0 aliphatic carbocycles. The van der Waals surface area contributed by atoms with Gasteiger partial charge in [0, 0.05) is 32.9 Å². The molecule has 1 spiro atoms. The van der Waals surface area contributed by atoms with Crippen LogP contribution in [0.15, 0.2) is 26.9 Å². The summed E-state index contributed by atoms with van der Waals surface area (Å²) in [5.41, 5.74) is 3.51. The predicted molar refractivity (Wildman–Crippen MR) is 144 cm³/mol. The first kappa shape index (κ1) is 29.5. The van der Waals surface area contributed by atoms with Crippen LogP contribution < -0.4 is 17.0 Å². The second kappa shape index (κ2) is 9.61. The van der Waals surface area contributed by atoms with Crippen molar-refractivity contribution in [2.45, 2.75) is 69.9 Å². The van der Waals surface area contributed by atoms with Crippen LogP contribution >= 0.6 is 12.2 Å². The van der Waals surface area contributed by atoms with Crippen molar-refractivity contribution in [3.8, 4) is 0 Å². The maximum atomic E-state index is 13.2. The van der Waals surface area contributed by atoms with Crippen LogP contribution in [0.4, 0.5) is 0 Å². The van der Waals surface area contributed by atoms with Crippen molar-refractivity contribution in [1.29, 1.82) is 0 Å². The second-order valence-corrected chi connectivity index (χ2v) is 17.6. The van der Waals surface area contributed by atoms with E-state index >= 15 is 0 Å². The number of hydrogen-bond donors (Lipinski definition) is 1. The molecule has 0 aromatic carbocycles. The van der Waals surface area contributed by atoms with Crippen molar-refractivity contribution in [3.63, 3.8) is 0 Å². The van der Waals surface area contributed by atoms with Gasteiger partial charge in [-0.25, -0.2) is 8.98 Å². The quantitative estimate of drug-likeness (QED) is 0.303. The SMILES string of the molecule is Cc1cn([C@@H]2O[C@H](COC(=S)N(C)C)C3(OS(=O)(=O)C=C3N)[C@H]2O[Si](C)(C)C(C)(C)C)c(=O)n(C)c1=O. The lowest BCUT2D eigenvalue weighted by Gasteiger charge is -2.43. The van der Waals surface area contributed by atoms with E-state index in [0.717, 1.165) is 9.98 Å². The summed E-state index contributed by atoms with van der Waals surface area (Å²) in [7, 11) is -2.13. The summed E-state index contributed by atoms with van der Waals surface area (Å²) < 4.78 is 52.0. The smallest absolute Gasteiger partial charge is 0.332 e. The third-order valence-electron chi connectivity index (χ3n) is 7.15. The molecule has 1 saturated heterocycles. The van der Waals surface area contributed by atoms with Gasteiger partial charge in [0.2, 0.25) is 0 Å². The predicted octanol–water partition coefficient (Wildman–Crippen LogP) is 0.905. The summed E-state index contributed by atoms with van der Waals surface area (Å²) in [5.74, 6) is 0. The molecule has 0 saturated carbocycles. The highest BCUT2D eigenvalue weighted by Crippen LogP contribution is 2.51. The Labute approximate surface area is 223 Å². The third-order valence-corrected chi connectivity index (χ3v) is 13.1. The van der Waals surface area contributed by atoms with E-state index in [1.807, 2.05) is 33.9 Å². The van der Waals surface area contributed by atoms with Gasteiger partial charge in [-0.1, -0.05) is 20.8 Å². The molecule has 2 aliphatic heterocycles. The van der Waals surface area contributed by atoms with E-state index in [1.165, 1.54) is 17.8 Å². The molecule has 37 heavy (non-hydrogen) atoms. The summed E-state index contributed by atoms with van der Waals surface area (Å²) in [4.78, 5) is 27.2. The summed E-state index contributed by atoms with van der Waals surface area (Å²) in [5, 5.41) is 0.648. The maximum Gasteiger partial charge on any atom is 0.332 e. The van der Waals surface area contributed by atoms with Crippen molar-refractivity contribution in [1.82, 2.24) is 14.0 Å². The topological polar surface area (TPSA) is 144 Å². The number of nitrogens with two attached hydrogens (primary N) is 1. The normalized spacial score (nSPS) is 27.4. The molecule has 12 nitrogen and oxygen atoms in total. The Morgan fingerprint density at radius 3 is 2.38 bits per heavy atom. The molecule has 0 amide bonds. The number of thiocarbonyl (C=S) groups is 1. The van der Waals surface area contributed by atoms with Crippen LogP contribution in [0.5, 0.6) is 0 Å². The average molecular weight is 577 g/mol. The number of aromatic nitrogens is 2. The van der Waals surface area contributed by atoms with Gasteiger partial charge in [0.05, 0.1) is 11.1 Å². The minimum Gasteiger partial charge on any atom is -0.468 e. The highest BCUT2D eigenvalue weighted by atomic mass is 32.2. The fourth-order valence-electron chi connectivity index (χ4n) is 4.02. The highest BCUT2D eigenvalue weighted by Gasteiger charge is 2.67. The van der Waals surface area contributed by atoms with Gasteiger partial charge in [-0.15, -0.1) is 0 Å². The van der Waals surface area contributed by atoms with Gasteiger partial charge in [-0.2, -0.15) is 8.42 Å². The van der Waals surface area contributed by atoms with Crippen molar-refractivity contribution in [3.05, 3.63) is 43.7 Å². The zero-order chi connectivity index (χ0) is 28.3. The van der Waals surface area contributed by atoms with E-state index in [1.54, 1.807) is 25.9 Å². The zero-order valence-electron chi connectivity index (χ0n) is 22.6. The fourth-order valence-corrected chi connectivity index (χ4v) is 6.59. The molecule has 1 aromatic heterocycles. The van der Waals surface area contributed by atoms with Crippen LogP contribution in [-0.2, 0) is 35.2 Å². The van der Waals surface area contributed by atoms with Crippen molar-refractivity contribution < 1.29 is 26.5 Å². The number of nitrogens with zero attached hydrogens (tertiary/aromatic N) is 3. The molecule has 2 aliphatic rings. The summed E-state index contributed by atoms with van der Waals surface area (Å²) >= 11 is 5.23. The van der Waals surface area contributed by atoms with Gasteiger partial charge in [0.15, 0.2) is 20.1 Å². The molecule has 15 heteroatoms. The first-order valence-corrected chi connectivity index (χ1v) is 16.4. The molecule has 0 radical (unpaired) electrons. The molecule has 4 atom stereocenters. The Hall–Kier alpha value is -2.04. The van der Waals surface area contributed by atoms with E-state index in [4.69, 9.17) is 36.0 Å². The lowest BCUT2D eigenvalue weighted by molar-refractivity contribution is -0.0577. The molecule has 0 bridgehead atoms. The average Bonchev–Trinajstić information content (AvgIpc) is 3.18. The zero-order valence-corrected chi connectivity index (χ0v) is 25.2. The van der Waals surface area contributed by atoms with E-state index in [-0.39, 0.29) is 28.1 Å². The van der Waals surface area contributed by atoms with Gasteiger partial charge in [-0.05, 0) is 37.3 Å². The minimum atomic E-state index is -4.21. The van der Waals surface area contributed by atoms with Crippen LogP contribution in [-0.4, -0.2) is 74.5 Å². The van der Waals surface area contributed by atoms with E-state index in [2.05, 4.69) is 0 Å². The minimum absolute atomic E-state index is 0.127. The largest absolute Gasteiger partial charge is 0.468 e. The van der Waals surface area contributed by atoms with E-state index in [9.17, 15) is 18.0 Å². The van der Waals surface area contributed by atoms with Crippen molar-refractivity contribution in [2.75, 3.05) is 20.7 Å². The number of rotatable bonds is 5. The molecule has 3 heterocycles. The third kappa shape index (κ3) is 5.16. The van der Waals surface area contributed by atoms with Gasteiger partial charge >= 0.3 is 5.69 Å². The molecule has 3 rings (SSSR count). The molecule has 2 N–H and O–H groups in total. The van der Waals surface area contributed by atoms with Crippen LogP contribution in [0.25, 0.3) is 0 Å². The number of hydrogen-bond acceptors (Lipinski definition) is 10. The number of aryl methyl sites for hydroxylation is 1. The summed E-state index contributed by atoms with van der Waals surface area (Å²) in [6.45, 7) is 11.3. The maximum absolute atomic E-state index is 13.2. The standard InChI is InChI=1S/C22H36N4O8S2Si/c1-13-10-26(19(28)25(7)17(13)27)18-16(33-37(8,9)21(2,3)4)22(14(23)12-36(29,30)34-22)15(32-18)11-31-20(35)24(5)6/h10,12,15-16,18H,11,23H2,1-9H3/t15-,16+,18-,22?/m1/s1. The Bertz CT molecular complexity index is 1350. The van der Waals surface area contributed by atoms with Gasteiger partial charge in [-0.3, -0.25) is 13.9 Å². The Morgan fingerprint density at radius 2 is 1.89 bits per heavy atom. The fraction of sp³-hybridized carbons (Fsp3) is 0.682. The van der Waals surface area contributed by atoms with Crippen LogP contribution in [0.3, 0.4) is 0 Å². The Balaban J connectivity index is 2.26. The molecular formula is C22H36N4O8S2Si. The molecule has 1 unspecified atom stereocenters. The Morgan fingerprint density at radius 1 is 1.30 bits per heavy atom. The lowest BCUT2D eigenvalue weighted by Crippen LogP contribution is -2.59. The van der Waals surface area contributed by atoms with Gasteiger partial charge < -0.3 is 24.5 Å². The molecular weight excluding hydrogens is 540 g/mol. The van der Waals surface area contributed by atoms with Crippen molar-refractivity contribution >= 4 is 35.8 Å². The van der Waals surface area contributed by atoms with Crippen molar-refractivity contribution in [2.24, 2.45) is 12.8 Å². The first-order valence-electron chi connectivity index (χ1n) is 11.6. The van der Waals surface area contributed by atoms with E-state index in [0.29, 0.717) is 0 Å². The molecule has 1 fully saturated rings. The van der Waals surface area contributed by atoms with Crippen LogP contribution in [0, 0.1) is 6.92 Å². The van der Waals surface area contributed by atoms with Gasteiger partial charge in [0.1, 0.15) is 18.8 Å². The summed E-state index contributed by atoms with van der Waals surface area (Å²) in [6.07, 6.45) is -2.16. The highest BCUT2D eigenvalue weighted by molar-refractivity contribution is 7.90. The Kier molecular flexibility index (Phi) is 7.66. The van der Waals surface area contributed by atoms with Gasteiger partial charge in [0.25, 0.3) is 20.9 Å². The van der Waals surface area contributed by atoms with Crippen LogP contribution in [0.1, 0.15) is 32.6 Å². The first-order chi connectivity index (χ1) is 16.7. The molecule has 208 valence electrons.